The van der Waals surface area contributed by atoms with Crippen molar-refractivity contribution in [1.82, 2.24) is 5.32 Å². The number of furan rings is 1. The van der Waals surface area contributed by atoms with Gasteiger partial charge in [-0.2, -0.15) is 5.26 Å². The van der Waals surface area contributed by atoms with Gasteiger partial charge in [-0.3, -0.25) is 4.79 Å². The average molecular weight is 407 g/mol. The highest BCUT2D eigenvalue weighted by Crippen LogP contribution is 2.24. The van der Waals surface area contributed by atoms with E-state index < -0.39 is 15.9 Å². The summed E-state index contributed by atoms with van der Waals surface area (Å²) in [6.45, 7) is 0.304. The molecule has 3 aromatic rings. The zero-order valence-electron chi connectivity index (χ0n) is 15.2. The number of nitriles is 1. The molecule has 0 saturated carbocycles. The molecular formula is C21H17N3O4S. The number of nitrogens with zero attached hydrogens (tertiary/aromatic N) is 1. The maximum Gasteiger partial charge on any atom is 0.262 e. The molecule has 3 rings (SSSR count). The molecule has 29 heavy (non-hydrogen) atoms. The molecule has 0 bridgehead atoms. The van der Waals surface area contributed by atoms with Crippen molar-refractivity contribution in [2.24, 2.45) is 5.14 Å². The number of hydrogen-bond donors (Lipinski definition) is 2. The molecule has 0 aliphatic carbocycles. The quantitative estimate of drug-likeness (QED) is 0.480. The molecule has 0 saturated heterocycles. The smallest absolute Gasteiger partial charge is 0.262 e. The van der Waals surface area contributed by atoms with Crippen LogP contribution in [-0.4, -0.2) is 14.3 Å². The third-order valence-corrected chi connectivity index (χ3v) is 4.97. The first-order chi connectivity index (χ1) is 13.9. The van der Waals surface area contributed by atoms with Crippen LogP contribution in [0.5, 0.6) is 0 Å². The number of primary sulfonamides is 1. The van der Waals surface area contributed by atoms with Gasteiger partial charge in [-0.1, -0.05) is 30.3 Å². The molecule has 0 atom stereocenters. The van der Waals surface area contributed by atoms with E-state index in [2.05, 4.69) is 5.32 Å². The van der Waals surface area contributed by atoms with E-state index >= 15 is 0 Å². The third kappa shape index (κ3) is 5.19. The van der Waals surface area contributed by atoms with Crippen LogP contribution in [0, 0.1) is 11.3 Å². The summed E-state index contributed by atoms with van der Waals surface area (Å²) in [4.78, 5) is 12.2. The normalized spacial score (nSPS) is 11.7. The van der Waals surface area contributed by atoms with Crippen molar-refractivity contribution in [3.05, 3.63) is 83.6 Å². The molecule has 1 amide bonds. The fourth-order valence-corrected chi connectivity index (χ4v) is 3.07. The van der Waals surface area contributed by atoms with Crippen molar-refractivity contribution in [2.75, 3.05) is 0 Å². The van der Waals surface area contributed by atoms with Gasteiger partial charge in [-0.05, 0) is 42.0 Å². The zero-order valence-corrected chi connectivity index (χ0v) is 16.0. The number of sulfonamides is 1. The summed E-state index contributed by atoms with van der Waals surface area (Å²) < 4.78 is 28.3. The van der Waals surface area contributed by atoms with Crippen molar-refractivity contribution in [1.29, 1.82) is 5.26 Å². The highest BCUT2D eigenvalue weighted by Gasteiger charge is 2.12. The average Bonchev–Trinajstić information content (AvgIpc) is 3.19. The fraction of sp³-hybridized carbons (Fsp3) is 0.0476. The minimum Gasteiger partial charge on any atom is -0.457 e. The maximum atomic E-state index is 12.2. The highest BCUT2D eigenvalue weighted by atomic mass is 32.2. The standard InChI is InChI=1S/C21H17N3O4S/c22-13-17(21(25)24-14-15-4-2-1-3-5-15)12-18-8-11-20(28-18)16-6-9-19(10-7-16)29(23,26)27/h1-12H,14H2,(H,24,25)(H2,23,26,27)/b17-12-. The molecule has 0 fully saturated rings. The third-order valence-electron chi connectivity index (χ3n) is 4.04. The summed E-state index contributed by atoms with van der Waals surface area (Å²) in [6.07, 6.45) is 1.35. The van der Waals surface area contributed by atoms with E-state index in [1.807, 2.05) is 36.4 Å². The molecular weight excluding hydrogens is 390 g/mol. The summed E-state index contributed by atoms with van der Waals surface area (Å²) in [5.74, 6) is 0.271. The lowest BCUT2D eigenvalue weighted by atomic mass is 10.2. The van der Waals surface area contributed by atoms with Crippen molar-refractivity contribution in [2.45, 2.75) is 11.4 Å². The predicted octanol–water partition coefficient (Wildman–Crippen LogP) is 2.82. The Hall–Kier alpha value is -3.67. The molecule has 0 spiro atoms. The van der Waals surface area contributed by atoms with Gasteiger partial charge >= 0.3 is 0 Å². The Balaban J connectivity index is 1.73. The van der Waals surface area contributed by atoms with Crippen molar-refractivity contribution in [3.63, 3.8) is 0 Å². The molecule has 1 aromatic heterocycles. The van der Waals surface area contributed by atoms with Crippen LogP contribution in [0.15, 0.2) is 81.6 Å². The Bertz CT molecular complexity index is 1190. The second kappa shape index (κ2) is 8.56. The maximum absolute atomic E-state index is 12.2. The van der Waals surface area contributed by atoms with Crippen LogP contribution in [-0.2, 0) is 21.4 Å². The summed E-state index contributed by atoms with van der Waals surface area (Å²) in [7, 11) is -3.77. The molecule has 3 N–H and O–H groups in total. The monoisotopic (exact) mass is 407 g/mol. The van der Waals surface area contributed by atoms with Crippen molar-refractivity contribution < 1.29 is 17.6 Å². The van der Waals surface area contributed by atoms with E-state index in [4.69, 9.17) is 9.56 Å². The van der Waals surface area contributed by atoms with Crippen LogP contribution < -0.4 is 10.5 Å². The summed E-state index contributed by atoms with van der Waals surface area (Å²) in [5, 5.41) is 17.1. The van der Waals surface area contributed by atoms with E-state index in [9.17, 15) is 18.5 Å². The van der Waals surface area contributed by atoms with Gasteiger partial charge in [0.05, 0.1) is 4.90 Å². The first-order valence-electron chi connectivity index (χ1n) is 8.54. The fourth-order valence-electron chi connectivity index (χ4n) is 2.56. The molecule has 2 aromatic carbocycles. The number of nitrogens with two attached hydrogens (primary N) is 1. The Morgan fingerprint density at radius 1 is 1.07 bits per heavy atom. The Labute approximate surface area is 168 Å². The summed E-state index contributed by atoms with van der Waals surface area (Å²) in [6, 6.07) is 20.4. The molecule has 1 heterocycles. The number of rotatable bonds is 6. The van der Waals surface area contributed by atoms with Gasteiger partial charge in [0, 0.05) is 18.2 Å². The molecule has 0 radical (unpaired) electrons. The predicted molar refractivity (Wildman–Crippen MR) is 107 cm³/mol. The SMILES string of the molecule is N#C/C(=C/c1ccc(-c2ccc(S(N)(=O)=O)cc2)o1)C(=O)NCc1ccccc1. The number of amides is 1. The first kappa shape index (κ1) is 20.1. The zero-order chi connectivity index (χ0) is 20.9. The van der Waals surface area contributed by atoms with Gasteiger partial charge in [0.25, 0.3) is 5.91 Å². The minimum absolute atomic E-state index is 0.00483. The van der Waals surface area contributed by atoms with Crippen LogP contribution in [0.3, 0.4) is 0 Å². The van der Waals surface area contributed by atoms with Gasteiger partial charge < -0.3 is 9.73 Å². The summed E-state index contributed by atoms with van der Waals surface area (Å²) in [5.41, 5.74) is 1.46. The lowest BCUT2D eigenvalue weighted by Gasteiger charge is -2.04. The molecule has 8 heteroatoms. The Morgan fingerprint density at radius 2 is 1.76 bits per heavy atom. The van der Waals surface area contributed by atoms with E-state index in [0.29, 0.717) is 23.6 Å². The molecule has 0 unspecified atom stereocenters. The molecule has 0 aliphatic heterocycles. The summed E-state index contributed by atoms with van der Waals surface area (Å²) >= 11 is 0. The van der Waals surface area contributed by atoms with Crippen LogP contribution in [0.2, 0.25) is 0 Å². The number of carbonyl (C=O) groups is 1. The van der Waals surface area contributed by atoms with E-state index in [1.165, 1.54) is 18.2 Å². The molecule has 7 nitrogen and oxygen atoms in total. The van der Waals surface area contributed by atoms with Crippen LogP contribution >= 0.6 is 0 Å². The van der Waals surface area contributed by atoms with E-state index in [-0.39, 0.29) is 10.5 Å². The topological polar surface area (TPSA) is 126 Å². The Morgan fingerprint density at radius 3 is 2.38 bits per heavy atom. The van der Waals surface area contributed by atoms with Crippen molar-refractivity contribution >= 4 is 22.0 Å². The number of carbonyl (C=O) groups excluding carboxylic acids is 1. The Kier molecular flexibility index (Phi) is 5.93. The lowest BCUT2D eigenvalue weighted by molar-refractivity contribution is -0.117. The van der Waals surface area contributed by atoms with Crippen LogP contribution in [0.4, 0.5) is 0 Å². The highest BCUT2D eigenvalue weighted by molar-refractivity contribution is 7.89. The number of nitrogens with one attached hydrogen (secondary N) is 1. The van der Waals surface area contributed by atoms with Gasteiger partial charge in [-0.15, -0.1) is 0 Å². The molecule has 0 aliphatic rings. The van der Waals surface area contributed by atoms with Crippen molar-refractivity contribution in [3.8, 4) is 17.4 Å². The molecule has 146 valence electrons. The van der Waals surface area contributed by atoms with Crippen LogP contribution in [0.1, 0.15) is 11.3 Å². The lowest BCUT2D eigenvalue weighted by Crippen LogP contribution is -2.23. The first-order valence-corrected chi connectivity index (χ1v) is 10.1. The van der Waals surface area contributed by atoms with Gasteiger partial charge in [0.1, 0.15) is 23.2 Å². The number of benzene rings is 2. The second-order valence-electron chi connectivity index (χ2n) is 6.11. The number of hydrogen-bond acceptors (Lipinski definition) is 5. The van der Waals surface area contributed by atoms with E-state index in [1.54, 1.807) is 24.3 Å². The largest absolute Gasteiger partial charge is 0.457 e. The second-order valence-corrected chi connectivity index (χ2v) is 7.67. The van der Waals surface area contributed by atoms with Gasteiger partial charge in [-0.25, -0.2) is 13.6 Å². The van der Waals surface area contributed by atoms with Gasteiger partial charge in [0.2, 0.25) is 10.0 Å². The van der Waals surface area contributed by atoms with Gasteiger partial charge in [0.15, 0.2) is 0 Å². The van der Waals surface area contributed by atoms with E-state index in [0.717, 1.165) is 5.56 Å². The van der Waals surface area contributed by atoms with Crippen LogP contribution in [0.25, 0.3) is 17.4 Å². The minimum atomic E-state index is -3.77.